The van der Waals surface area contributed by atoms with Gasteiger partial charge in [-0.15, -0.1) is 0 Å². The average Bonchev–Trinajstić information content (AvgIpc) is 2.40. The second-order valence-corrected chi connectivity index (χ2v) is 5.11. The first-order valence-corrected chi connectivity index (χ1v) is 6.63. The van der Waals surface area contributed by atoms with Gasteiger partial charge < -0.3 is 4.74 Å². The van der Waals surface area contributed by atoms with Gasteiger partial charge in [-0.3, -0.25) is 4.79 Å². The summed E-state index contributed by atoms with van der Waals surface area (Å²) in [6.07, 6.45) is 0.987. The van der Waals surface area contributed by atoms with Crippen molar-refractivity contribution in [2.24, 2.45) is 0 Å². The van der Waals surface area contributed by atoms with Crippen LogP contribution in [0.1, 0.15) is 12.8 Å². The van der Waals surface area contributed by atoms with Crippen LogP contribution in [0.5, 0.6) is 5.75 Å². The van der Waals surface area contributed by atoms with Crippen molar-refractivity contribution in [1.82, 2.24) is 0 Å². The van der Waals surface area contributed by atoms with Gasteiger partial charge in [0.2, 0.25) is 0 Å². The van der Waals surface area contributed by atoms with E-state index >= 15 is 0 Å². The molecule has 1 aliphatic carbocycles. The van der Waals surface area contributed by atoms with Crippen molar-refractivity contribution in [3.63, 3.8) is 0 Å². The minimum Gasteiger partial charge on any atom is -0.488 e. The molecular weight excluding hydrogens is 260 g/mol. The number of carbonyl (C=O) groups excluding carboxylic acids is 1. The monoisotopic (exact) mass is 272 g/mol. The molecule has 0 saturated heterocycles. The number of halogens is 1. The minimum atomic E-state index is -0.00687. The Hall–Kier alpha value is -1.80. The number of hydrogen-bond acceptors (Lipinski definition) is 2. The normalized spacial score (nSPS) is 15.1. The van der Waals surface area contributed by atoms with Crippen LogP contribution in [0.2, 0.25) is 5.02 Å². The summed E-state index contributed by atoms with van der Waals surface area (Å²) < 4.78 is 5.69. The van der Waals surface area contributed by atoms with Gasteiger partial charge in [-0.05, 0) is 23.3 Å². The molecule has 2 nitrogen and oxygen atoms in total. The van der Waals surface area contributed by atoms with Gasteiger partial charge in [0, 0.05) is 12.8 Å². The molecule has 0 unspecified atom stereocenters. The van der Waals surface area contributed by atoms with Crippen molar-refractivity contribution >= 4 is 17.4 Å². The fourth-order valence-electron chi connectivity index (χ4n) is 2.12. The predicted molar refractivity (Wildman–Crippen MR) is 75.5 cm³/mol. The third-order valence-electron chi connectivity index (χ3n) is 3.24. The van der Waals surface area contributed by atoms with Crippen LogP contribution in [-0.2, 0) is 4.79 Å². The van der Waals surface area contributed by atoms with E-state index in [0.717, 1.165) is 11.1 Å². The molecule has 0 amide bonds. The zero-order chi connectivity index (χ0) is 13.2. The SMILES string of the molecule is O=C1CC(Oc2ccc(-c3ccccc3)cc2Cl)C1. The van der Waals surface area contributed by atoms with E-state index in [9.17, 15) is 4.79 Å². The second kappa shape index (κ2) is 5.06. The Labute approximate surface area is 117 Å². The van der Waals surface area contributed by atoms with E-state index in [1.165, 1.54) is 0 Å². The zero-order valence-corrected chi connectivity index (χ0v) is 11.1. The molecule has 19 heavy (non-hydrogen) atoms. The highest BCUT2D eigenvalue weighted by Gasteiger charge is 2.28. The van der Waals surface area contributed by atoms with Crippen molar-refractivity contribution in [3.8, 4) is 16.9 Å². The fourth-order valence-corrected chi connectivity index (χ4v) is 2.34. The highest BCUT2D eigenvalue weighted by atomic mass is 35.5. The molecule has 0 radical (unpaired) electrons. The summed E-state index contributed by atoms with van der Waals surface area (Å²) in [4.78, 5) is 10.9. The molecule has 2 aromatic rings. The number of Topliss-reactive ketones (excluding diaryl/α,β-unsaturated/α-hetero) is 1. The lowest BCUT2D eigenvalue weighted by Crippen LogP contribution is -2.33. The summed E-state index contributed by atoms with van der Waals surface area (Å²) in [5.74, 6) is 0.904. The van der Waals surface area contributed by atoms with Gasteiger partial charge in [-0.1, -0.05) is 48.0 Å². The molecule has 0 bridgehead atoms. The molecule has 3 rings (SSSR count). The largest absolute Gasteiger partial charge is 0.488 e. The maximum absolute atomic E-state index is 10.9. The Morgan fingerprint density at radius 1 is 1.00 bits per heavy atom. The minimum absolute atomic E-state index is 0.00687. The van der Waals surface area contributed by atoms with Gasteiger partial charge in [-0.2, -0.15) is 0 Å². The molecule has 96 valence electrons. The maximum Gasteiger partial charge on any atom is 0.140 e. The van der Waals surface area contributed by atoms with E-state index in [4.69, 9.17) is 16.3 Å². The second-order valence-electron chi connectivity index (χ2n) is 4.70. The molecule has 1 saturated carbocycles. The van der Waals surface area contributed by atoms with Gasteiger partial charge in [0.25, 0.3) is 0 Å². The van der Waals surface area contributed by atoms with Gasteiger partial charge in [0.05, 0.1) is 5.02 Å². The number of ketones is 1. The summed E-state index contributed by atoms with van der Waals surface area (Å²) in [6.45, 7) is 0. The number of ether oxygens (including phenoxy) is 1. The number of carbonyl (C=O) groups is 1. The summed E-state index contributed by atoms with van der Waals surface area (Å²) in [5, 5.41) is 0.584. The first kappa shape index (κ1) is 12.2. The van der Waals surface area contributed by atoms with E-state index < -0.39 is 0 Å². The molecule has 0 N–H and O–H groups in total. The van der Waals surface area contributed by atoms with Gasteiger partial charge >= 0.3 is 0 Å². The van der Waals surface area contributed by atoms with Crippen molar-refractivity contribution in [3.05, 3.63) is 53.6 Å². The number of rotatable bonds is 3. The maximum atomic E-state index is 10.9. The zero-order valence-electron chi connectivity index (χ0n) is 10.3. The lowest BCUT2D eigenvalue weighted by atomic mass is 9.94. The van der Waals surface area contributed by atoms with Crippen molar-refractivity contribution in [1.29, 1.82) is 0 Å². The highest BCUT2D eigenvalue weighted by Crippen LogP contribution is 2.33. The van der Waals surface area contributed by atoms with Crippen molar-refractivity contribution in [2.75, 3.05) is 0 Å². The molecule has 0 aromatic heterocycles. The van der Waals surface area contributed by atoms with Crippen LogP contribution in [-0.4, -0.2) is 11.9 Å². The van der Waals surface area contributed by atoms with Crippen molar-refractivity contribution < 1.29 is 9.53 Å². The lowest BCUT2D eigenvalue weighted by Gasteiger charge is -2.25. The van der Waals surface area contributed by atoms with Gasteiger partial charge in [0.15, 0.2) is 0 Å². The molecular formula is C16H13ClO2. The third kappa shape index (κ3) is 2.64. The molecule has 1 fully saturated rings. The van der Waals surface area contributed by atoms with Gasteiger partial charge in [0.1, 0.15) is 17.6 Å². The van der Waals surface area contributed by atoms with E-state index in [2.05, 4.69) is 0 Å². The summed E-state index contributed by atoms with van der Waals surface area (Å²) in [7, 11) is 0. The van der Waals surface area contributed by atoms with Crippen molar-refractivity contribution in [2.45, 2.75) is 18.9 Å². The van der Waals surface area contributed by atoms with Crippen LogP contribution in [0, 0.1) is 0 Å². The van der Waals surface area contributed by atoms with Crippen LogP contribution in [0.25, 0.3) is 11.1 Å². The number of hydrogen-bond donors (Lipinski definition) is 0. The Bertz CT molecular complexity index is 599. The summed E-state index contributed by atoms with van der Waals surface area (Å²) in [5.41, 5.74) is 2.18. The lowest BCUT2D eigenvalue weighted by molar-refractivity contribution is -0.129. The van der Waals surface area contributed by atoms with Gasteiger partial charge in [-0.25, -0.2) is 0 Å². The first-order chi connectivity index (χ1) is 9.22. The molecule has 3 heteroatoms. The summed E-state index contributed by atoms with van der Waals surface area (Å²) >= 11 is 6.23. The standard InChI is InChI=1S/C16H13ClO2/c17-15-8-12(11-4-2-1-3-5-11)6-7-16(15)19-14-9-13(18)10-14/h1-8,14H,9-10H2. The average molecular weight is 273 g/mol. The molecule has 1 aliphatic rings. The van der Waals surface area contributed by atoms with E-state index in [-0.39, 0.29) is 11.9 Å². The summed E-state index contributed by atoms with van der Waals surface area (Å²) in [6, 6.07) is 15.8. The first-order valence-electron chi connectivity index (χ1n) is 6.26. The Kier molecular flexibility index (Phi) is 3.26. The Morgan fingerprint density at radius 2 is 1.74 bits per heavy atom. The van der Waals surface area contributed by atoms with Crippen LogP contribution in [0.15, 0.2) is 48.5 Å². The van der Waals surface area contributed by atoms with Crippen LogP contribution in [0.4, 0.5) is 0 Å². The highest BCUT2D eigenvalue weighted by molar-refractivity contribution is 6.32. The Morgan fingerprint density at radius 3 is 2.37 bits per heavy atom. The third-order valence-corrected chi connectivity index (χ3v) is 3.54. The topological polar surface area (TPSA) is 26.3 Å². The molecule has 0 heterocycles. The van der Waals surface area contributed by atoms with E-state index in [1.807, 2.05) is 48.5 Å². The fraction of sp³-hybridized carbons (Fsp3) is 0.188. The Balaban J connectivity index is 1.80. The number of benzene rings is 2. The molecule has 2 aromatic carbocycles. The quantitative estimate of drug-likeness (QED) is 0.840. The molecule has 0 spiro atoms. The smallest absolute Gasteiger partial charge is 0.140 e. The van der Waals surface area contributed by atoms with Crippen LogP contribution in [0.3, 0.4) is 0 Å². The van der Waals surface area contributed by atoms with E-state index in [0.29, 0.717) is 23.6 Å². The van der Waals surface area contributed by atoms with Crippen LogP contribution < -0.4 is 4.74 Å². The molecule has 0 atom stereocenters. The molecule has 0 aliphatic heterocycles. The van der Waals surface area contributed by atoms with Crippen LogP contribution >= 0.6 is 11.6 Å². The van der Waals surface area contributed by atoms with E-state index in [1.54, 1.807) is 0 Å². The predicted octanol–water partition coefficient (Wildman–Crippen LogP) is 4.12.